The number of fused-ring (bicyclic) bond motifs is 5. The molecule has 0 amide bonds. The maximum absolute atomic E-state index is 12.4. The highest BCUT2D eigenvalue weighted by atomic mass is 16.3. The first-order valence-electron chi connectivity index (χ1n) is 9.19. The Morgan fingerprint density at radius 2 is 1.83 bits per heavy atom. The van der Waals surface area contributed by atoms with Crippen LogP contribution >= 0.6 is 0 Å². The summed E-state index contributed by atoms with van der Waals surface area (Å²) < 4.78 is 0. The molecule has 2 unspecified atom stereocenters. The normalized spacial score (nSPS) is 52.8. The minimum absolute atomic E-state index is 0.126. The van der Waals surface area contributed by atoms with Crippen LogP contribution in [0, 0.1) is 34.5 Å². The second kappa shape index (κ2) is 4.78. The first-order valence-corrected chi connectivity index (χ1v) is 9.19. The van der Waals surface area contributed by atoms with Gasteiger partial charge in [0.2, 0.25) is 0 Å². The zero-order chi connectivity index (χ0) is 16.6. The summed E-state index contributed by atoms with van der Waals surface area (Å²) in [4.78, 5) is 24.4. The third-order valence-electron chi connectivity index (χ3n) is 8.26. The third kappa shape index (κ3) is 1.86. The molecule has 0 heterocycles. The Hall–Kier alpha value is -0.960. The molecule has 4 rings (SSSR count). The lowest BCUT2D eigenvalue weighted by atomic mass is 9.43. The van der Waals surface area contributed by atoms with Gasteiger partial charge in [-0.2, -0.15) is 0 Å². The zero-order valence-electron chi connectivity index (χ0n) is 14.3. The van der Waals surface area contributed by atoms with Crippen LogP contribution < -0.4 is 0 Å². The molecule has 1 N–H and O–H groups in total. The van der Waals surface area contributed by atoms with E-state index in [1.807, 2.05) is 0 Å². The van der Waals surface area contributed by atoms with Crippen LogP contribution in [0.25, 0.3) is 0 Å². The molecule has 0 spiro atoms. The smallest absolute Gasteiger partial charge is 0.139 e. The van der Waals surface area contributed by atoms with Crippen molar-refractivity contribution in [2.24, 2.45) is 34.5 Å². The van der Waals surface area contributed by atoms with Gasteiger partial charge in [-0.25, -0.2) is 0 Å². The summed E-state index contributed by atoms with van der Waals surface area (Å²) in [5, 5.41) is 10.8. The number of ketones is 2. The fraction of sp³-hybridized carbons (Fsp3) is 0.800. The largest absolute Gasteiger partial charge is 0.392 e. The van der Waals surface area contributed by atoms with Gasteiger partial charge in [-0.05, 0) is 49.4 Å². The van der Waals surface area contributed by atoms with Gasteiger partial charge in [0.15, 0.2) is 0 Å². The number of carbonyl (C=O) groups excluding carboxylic acids is 2. The van der Waals surface area contributed by atoms with Gasteiger partial charge in [-0.1, -0.05) is 26.0 Å². The number of aliphatic hydroxyl groups is 1. The van der Waals surface area contributed by atoms with Crippen LogP contribution in [0.3, 0.4) is 0 Å². The molecule has 0 saturated heterocycles. The monoisotopic (exact) mass is 316 g/mol. The van der Waals surface area contributed by atoms with Gasteiger partial charge in [0.05, 0.1) is 6.10 Å². The van der Waals surface area contributed by atoms with E-state index in [9.17, 15) is 14.7 Å². The Labute approximate surface area is 138 Å². The highest BCUT2D eigenvalue weighted by molar-refractivity contribution is 5.87. The SMILES string of the molecule is C=C1C[C@@H]2[C@H](CC[C@]3(C)C(=O)CC[C@@H]23)[C@@]2(C)C(O)CC(=O)CC12. The molecular formula is C20H28O3. The van der Waals surface area contributed by atoms with Crippen molar-refractivity contribution in [2.45, 2.75) is 64.9 Å². The summed E-state index contributed by atoms with van der Waals surface area (Å²) in [5.41, 5.74) is 0.755. The summed E-state index contributed by atoms with van der Waals surface area (Å²) in [6.07, 6.45) is 4.92. The maximum atomic E-state index is 12.4. The Balaban J connectivity index is 1.74. The number of Topliss-reactive ketones (excluding diaryl/α,β-unsaturated/α-hetero) is 2. The molecule has 4 saturated carbocycles. The molecule has 3 heteroatoms. The minimum Gasteiger partial charge on any atom is -0.392 e. The molecule has 0 bridgehead atoms. The molecule has 4 fully saturated rings. The molecule has 126 valence electrons. The number of allylic oxidation sites excluding steroid dienone is 1. The van der Waals surface area contributed by atoms with Crippen LogP contribution in [0.1, 0.15) is 58.8 Å². The maximum Gasteiger partial charge on any atom is 0.139 e. The summed E-state index contributed by atoms with van der Waals surface area (Å²) in [6, 6.07) is 0. The molecule has 23 heavy (non-hydrogen) atoms. The van der Waals surface area contributed by atoms with Crippen molar-refractivity contribution < 1.29 is 14.7 Å². The number of hydrogen-bond acceptors (Lipinski definition) is 3. The Morgan fingerprint density at radius 1 is 1.09 bits per heavy atom. The summed E-state index contributed by atoms with van der Waals surface area (Å²) in [7, 11) is 0. The summed E-state index contributed by atoms with van der Waals surface area (Å²) >= 11 is 0. The standard InChI is InChI=1S/C20H28O3/c1-11-8-13-14-4-5-17(22)19(14,2)7-6-15(13)20(3)16(11)9-12(21)10-18(20)23/h13-16,18,23H,1,4-10H2,2-3H3/t13-,14-,15-,16?,18?,19-,20+/m0/s1. The highest BCUT2D eigenvalue weighted by Crippen LogP contribution is 2.66. The van der Waals surface area contributed by atoms with E-state index >= 15 is 0 Å². The van der Waals surface area contributed by atoms with Crippen LogP contribution in [-0.4, -0.2) is 22.8 Å². The molecule has 0 aromatic heterocycles. The Morgan fingerprint density at radius 3 is 2.57 bits per heavy atom. The van der Waals surface area contributed by atoms with Crippen LogP contribution in [-0.2, 0) is 9.59 Å². The van der Waals surface area contributed by atoms with E-state index < -0.39 is 6.10 Å². The van der Waals surface area contributed by atoms with Crippen molar-refractivity contribution in [1.82, 2.24) is 0 Å². The molecule has 0 aromatic rings. The molecule has 3 nitrogen and oxygen atoms in total. The number of rotatable bonds is 0. The van der Waals surface area contributed by atoms with E-state index in [4.69, 9.17) is 0 Å². The average molecular weight is 316 g/mol. The van der Waals surface area contributed by atoms with Crippen molar-refractivity contribution in [2.75, 3.05) is 0 Å². The number of hydrogen-bond donors (Lipinski definition) is 1. The predicted molar refractivity (Wildman–Crippen MR) is 87.7 cm³/mol. The van der Waals surface area contributed by atoms with Gasteiger partial charge in [-0.15, -0.1) is 0 Å². The van der Waals surface area contributed by atoms with E-state index in [0.29, 0.717) is 36.4 Å². The molecule has 7 atom stereocenters. The van der Waals surface area contributed by atoms with Crippen molar-refractivity contribution >= 4 is 11.6 Å². The average Bonchev–Trinajstić information content (AvgIpc) is 2.78. The summed E-state index contributed by atoms with van der Waals surface area (Å²) in [5.74, 6) is 2.06. The van der Waals surface area contributed by atoms with Crippen molar-refractivity contribution in [3.8, 4) is 0 Å². The zero-order valence-corrected chi connectivity index (χ0v) is 14.3. The van der Waals surface area contributed by atoms with Gasteiger partial charge < -0.3 is 5.11 Å². The molecule has 4 aliphatic rings. The van der Waals surface area contributed by atoms with Crippen LogP contribution in [0.15, 0.2) is 12.2 Å². The highest BCUT2D eigenvalue weighted by Gasteiger charge is 2.63. The topological polar surface area (TPSA) is 54.4 Å². The number of carbonyl (C=O) groups is 2. The van der Waals surface area contributed by atoms with Gasteiger partial charge in [0.25, 0.3) is 0 Å². The molecule has 0 radical (unpaired) electrons. The molecule has 4 aliphatic carbocycles. The van der Waals surface area contributed by atoms with Crippen molar-refractivity contribution in [3.05, 3.63) is 12.2 Å². The first kappa shape index (κ1) is 15.6. The lowest BCUT2D eigenvalue weighted by Gasteiger charge is -2.61. The van der Waals surface area contributed by atoms with Crippen LogP contribution in [0.4, 0.5) is 0 Å². The quantitative estimate of drug-likeness (QED) is 0.698. The molecule has 0 aromatic carbocycles. The predicted octanol–water partition coefficient (Wildman–Crippen LogP) is 3.30. The summed E-state index contributed by atoms with van der Waals surface area (Å²) in [6.45, 7) is 8.67. The van der Waals surface area contributed by atoms with Crippen LogP contribution in [0.2, 0.25) is 0 Å². The lowest BCUT2D eigenvalue weighted by molar-refractivity contribution is -0.159. The second-order valence-corrected chi connectivity index (χ2v) is 9.04. The van der Waals surface area contributed by atoms with Crippen molar-refractivity contribution in [1.29, 1.82) is 0 Å². The molecular weight excluding hydrogens is 288 g/mol. The van der Waals surface area contributed by atoms with E-state index in [2.05, 4.69) is 20.4 Å². The van der Waals surface area contributed by atoms with E-state index in [1.54, 1.807) is 0 Å². The van der Waals surface area contributed by atoms with Gasteiger partial charge in [-0.3, -0.25) is 9.59 Å². The second-order valence-electron chi connectivity index (χ2n) is 9.04. The third-order valence-corrected chi connectivity index (χ3v) is 8.26. The Bertz CT molecular complexity index is 594. The molecule has 0 aliphatic heterocycles. The van der Waals surface area contributed by atoms with E-state index in [-0.39, 0.29) is 22.5 Å². The van der Waals surface area contributed by atoms with Gasteiger partial charge >= 0.3 is 0 Å². The fourth-order valence-corrected chi connectivity index (χ4v) is 6.85. The lowest BCUT2D eigenvalue weighted by Crippen LogP contribution is -2.59. The fourth-order valence-electron chi connectivity index (χ4n) is 6.85. The van der Waals surface area contributed by atoms with E-state index in [0.717, 1.165) is 37.7 Å². The van der Waals surface area contributed by atoms with Gasteiger partial charge in [0, 0.05) is 30.1 Å². The van der Waals surface area contributed by atoms with Gasteiger partial charge in [0.1, 0.15) is 11.6 Å². The van der Waals surface area contributed by atoms with Crippen molar-refractivity contribution in [3.63, 3.8) is 0 Å². The van der Waals surface area contributed by atoms with E-state index in [1.165, 1.54) is 0 Å². The first-order chi connectivity index (χ1) is 10.8. The Kier molecular flexibility index (Phi) is 3.23. The number of aliphatic hydroxyl groups excluding tert-OH is 1. The van der Waals surface area contributed by atoms with Crippen LogP contribution in [0.5, 0.6) is 0 Å². The minimum atomic E-state index is -0.556.